The van der Waals surface area contributed by atoms with Crippen LogP contribution in [0, 0.1) is 12.7 Å². The van der Waals surface area contributed by atoms with Crippen LogP contribution in [0.3, 0.4) is 0 Å². The maximum absolute atomic E-state index is 14.2. The van der Waals surface area contributed by atoms with Crippen molar-refractivity contribution in [1.29, 1.82) is 0 Å². The number of nitrogens with zero attached hydrogens (tertiary/aromatic N) is 3. The highest BCUT2D eigenvalue weighted by atomic mass is 19.1. The Morgan fingerprint density at radius 2 is 1.70 bits per heavy atom. The van der Waals surface area contributed by atoms with Crippen molar-refractivity contribution in [3.05, 3.63) is 59.4 Å². The third-order valence-corrected chi connectivity index (χ3v) is 5.95. The van der Waals surface area contributed by atoms with Gasteiger partial charge in [0, 0.05) is 57.6 Å². The predicted octanol–water partition coefficient (Wildman–Crippen LogP) is 5.00. The second-order valence-corrected chi connectivity index (χ2v) is 8.52. The van der Waals surface area contributed by atoms with E-state index in [9.17, 15) is 9.18 Å². The van der Waals surface area contributed by atoms with E-state index in [-0.39, 0.29) is 17.8 Å². The van der Waals surface area contributed by atoms with E-state index < -0.39 is 0 Å². The van der Waals surface area contributed by atoms with Crippen LogP contribution >= 0.6 is 0 Å². The van der Waals surface area contributed by atoms with E-state index in [0.29, 0.717) is 17.7 Å². The minimum atomic E-state index is -0.250. The number of aryl methyl sites for hydroxylation is 1. The molecule has 1 saturated heterocycles. The van der Waals surface area contributed by atoms with Gasteiger partial charge in [0.2, 0.25) is 5.91 Å². The van der Waals surface area contributed by atoms with Gasteiger partial charge in [-0.15, -0.1) is 0 Å². The van der Waals surface area contributed by atoms with Crippen molar-refractivity contribution in [3.8, 4) is 0 Å². The normalized spacial score (nSPS) is 15.2. The molecule has 0 atom stereocenters. The molecule has 162 valence electrons. The summed E-state index contributed by atoms with van der Waals surface area (Å²) in [5.41, 5.74) is 3.80. The van der Waals surface area contributed by atoms with Crippen LogP contribution in [0.4, 0.5) is 15.8 Å². The summed E-state index contributed by atoms with van der Waals surface area (Å²) in [6.45, 7) is 6.55. The lowest BCUT2D eigenvalue weighted by Gasteiger charge is -2.39. The van der Waals surface area contributed by atoms with Gasteiger partial charge in [0.1, 0.15) is 5.82 Å². The molecule has 1 aliphatic heterocycles. The van der Waals surface area contributed by atoms with Crippen LogP contribution in [-0.2, 0) is 11.3 Å². The lowest BCUT2D eigenvalue weighted by Crippen LogP contribution is -2.47. The summed E-state index contributed by atoms with van der Waals surface area (Å²) < 4.78 is 14.2. The second kappa shape index (κ2) is 10.1. The van der Waals surface area contributed by atoms with Crippen LogP contribution < -0.4 is 9.80 Å². The van der Waals surface area contributed by atoms with Gasteiger partial charge in [-0.1, -0.05) is 25.1 Å². The summed E-state index contributed by atoms with van der Waals surface area (Å²) in [7, 11) is 4.09. The number of piperidine rings is 1. The molecule has 0 unspecified atom stereocenters. The summed E-state index contributed by atoms with van der Waals surface area (Å²) in [4.78, 5) is 19.3. The molecule has 0 aliphatic carbocycles. The van der Waals surface area contributed by atoms with E-state index in [4.69, 9.17) is 0 Å². The van der Waals surface area contributed by atoms with Crippen LogP contribution in [0.2, 0.25) is 0 Å². The number of hydrogen-bond acceptors (Lipinski definition) is 3. The molecule has 1 aliphatic rings. The Kier molecular flexibility index (Phi) is 7.48. The number of benzene rings is 2. The maximum Gasteiger partial charge on any atom is 0.227 e. The van der Waals surface area contributed by atoms with Crippen molar-refractivity contribution in [3.63, 3.8) is 0 Å². The Balaban J connectivity index is 1.66. The Labute approximate surface area is 180 Å². The molecule has 1 fully saturated rings. The van der Waals surface area contributed by atoms with Gasteiger partial charge >= 0.3 is 0 Å². The molecule has 0 radical (unpaired) electrons. The lowest BCUT2D eigenvalue weighted by molar-refractivity contribution is -0.119. The first-order valence-corrected chi connectivity index (χ1v) is 11.0. The number of carbonyl (C=O) groups is 1. The standard InChI is InChI=1S/C25H34FN3O/c1-5-6-25(30)29(23-10-7-19(2)24(26)17-23)22-13-15-28(16-14-22)18-20-8-11-21(12-9-20)27(3)4/h7-12,17,22H,5-6,13-16,18H2,1-4H3. The van der Waals surface area contributed by atoms with Crippen molar-refractivity contribution in [2.75, 3.05) is 37.0 Å². The van der Waals surface area contributed by atoms with Crippen molar-refractivity contribution < 1.29 is 9.18 Å². The lowest BCUT2D eigenvalue weighted by atomic mass is 10.0. The first-order valence-electron chi connectivity index (χ1n) is 11.0. The van der Waals surface area contributed by atoms with E-state index in [2.05, 4.69) is 34.1 Å². The van der Waals surface area contributed by atoms with Crippen molar-refractivity contribution in [2.45, 2.75) is 52.1 Å². The topological polar surface area (TPSA) is 26.8 Å². The first kappa shape index (κ1) is 22.3. The van der Waals surface area contributed by atoms with E-state index in [1.807, 2.05) is 32.0 Å². The molecule has 1 heterocycles. The molecule has 1 amide bonds. The zero-order valence-corrected chi connectivity index (χ0v) is 18.7. The van der Waals surface area contributed by atoms with Crippen LogP contribution in [0.15, 0.2) is 42.5 Å². The van der Waals surface area contributed by atoms with E-state index in [1.165, 1.54) is 17.3 Å². The number of carbonyl (C=O) groups excluding carboxylic acids is 1. The largest absolute Gasteiger partial charge is 0.378 e. The van der Waals surface area contributed by atoms with Gasteiger partial charge in [-0.25, -0.2) is 4.39 Å². The number of amides is 1. The molecule has 0 N–H and O–H groups in total. The van der Waals surface area contributed by atoms with E-state index in [0.717, 1.165) is 38.9 Å². The van der Waals surface area contributed by atoms with Crippen molar-refractivity contribution in [2.24, 2.45) is 0 Å². The highest BCUT2D eigenvalue weighted by Crippen LogP contribution is 2.27. The summed E-state index contributed by atoms with van der Waals surface area (Å²) in [5.74, 6) is -0.154. The quantitative estimate of drug-likeness (QED) is 0.642. The molecule has 30 heavy (non-hydrogen) atoms. The molecule has 3 rings (SSSR count). The molecule has 0 bridgehead atoms. The van der Waals surface area contributed by atoms with Gasteiger partial charge in [-0.3, -0.25) is 9.69 Å². The fraction of sp³-hybridized carbons (Fsp3) is 0.480. The SMILES string of the molecule is CCCC(=O)N(c1ccc(C)c(F)c1)C1CCN(Cc2ccc(N(C)C)cc2)CC1. The number of anilines is 2. The Hall–Kier alpha value is -2.40. The van der Waals surface area contributed by atoms with Crippen LogP contribution in [0.25, 0.3) is 0 Å². The van der Waals surface area contributed by atoms with Gasteiger partial charge in [0.15, 0.2) is 0 Å². The maximum atomic E-state index is 14.2. The summed E-state index contributed by atoms with van der Waals surface area (Å²) in [6.07, 6.45) is 3.10. The summed E-state index contributed by atoms with van der Waals surface area (Å²) in [5, 5.41) is 0. The van der Waals surface area contributed by atoms with Crippen molar-refractivity contribution >= 4 is 17.3 Å². The fourth-order valence-electron chi connectivity index (χ4n) is 4.12. The van der Waals surface area contributed by atoms with Crippen molar-refractivity contribution in [1.82, 2.24) is 4.90 Å². The number of halogens is 1. The summed E-state index contributed by atoms with van der Waals surface area (Å²) in [6, 6.07) is 14.0. The van der Waals surface area contributed by atoms with Crippen LogP contribution in [-0.4, -0.2) is 44.0 Å². The van der Waals surface area contributed by atoms with Gasteiger partial charge in [0.05, 0.1) is 0 Å². The van der Waals surface area contributed by atoms with Gasteiger partial charge in [-0.05, 0) is 61.6 Å². The monoisotopic (exact) mass is 411 g/mol. The van der Waals surface area contributed by atoms with Gasteiger partial charge < -0.3 is 9.80 Å². The molecule has 5 heteroatoms. The fourth-order valence-corrected chi connectivity index (χ4v) is 4.12. The van der Waals surface area contributed by atoms with E-state index in [1.54, 1.807) is 13.0 Å². The van der Waals surface area contributed by atoms with Gasteiger partial charge in [-0.2, -0.15) is 0 Å². The first-order chi connectivity index (χ1) is 14.4. The minimum Gasteiger partial charge on any atom is -0.378 e. The predicted molar refractivity (Wildman–Crippen MR) is 123 cm³/mol. The second-order valence-electron chi connectivity index (χ2n) is 8.52. The molecular weight excluding hydrogens is 377 g/mol. The molecule has 4 nitrogen and oxygen atoms in total. The van der Waals surface area contributed by atoms with Crippen LogP contribution in [0.1, 0.15) is 43.7 Å². The average molecular weight is 412 g/mol. The molecular formula is C25H34FN3O. The number of likely N-dealkylation sites (tertiary alicyclic amines) is 1. The highest BCUT2D eigenvalue weighted by molar-refractivity contribution is 5.94. The molecule has 2 aromatic rings. The Morgan fingerprint density at radius 1 is 1.07 bits per heavy atom. The smallest absolute Gasteiger partial charge is 0.227 e. The zero-order valence-electron chi connectivity index (χ0n) is 18.7. The molecule has 0 spiro atoms. The molecule has 0 aromatic heterocycles. The number of hydrogen-bond donors (Lipinski definition) is 0. The third-order valence-electron chi connectivity index (χ3n) is 5.95. The Bertz CT molecular complexity index is 842. The minimum absolute atomic E-state index is 0.0958. The highest BCUT2D eigenvalue weighted by Gasteiger charge is 2.29. The molecule has 0 saturated carbocycles. The molecule has 2 aromatic carbocycles. The van der Waals surface area contributed by atoms with E-state index >= 15 is 0 Å². The average Bonchev–Trinajstić information content (AvgIpc) is 2.73. The zero-order chi connectivity index (χ0) is 21.7. The third kappa shape index (κ3) is 5.39. The van der Waals surface area contributed by atoms with Crippen LogP contribution in [0.5, 0.6) is 0 Å². The summed E-state index contributed by atoms with van der Waals surface area (Å²) >= 11 is 0. The van der Waals surface area contributed by atoms with Gasteiger partial charge in [0.25, 0.3) is 0 Å². The number of rotatable bonds is 7. The Morgan fingerprint density at radius 3 is 2.27 bits per heavy atom.